The van der Waals surface area contributed by atoms with E-state index in [-0.39, 0.29) is 11.6 Å². The van der Waals surface area contributed by atoms with Crippen molar-refractivity contribution >= 4 is 0 Å². The number of hydrogen-bond acceptors (Lipinski definition) is 1. The lowest BCUT2D eigenvalue weighted by atomic mass is 9.77. The maximum absolute atomic E-state index is 15.4. The van der Waals surface area contributed by atoms with Gasteiger partial charge in [0.1, 0.15) is 17.4 Å². The lowest BCUT2D eigenvalue weighted by Crippen LogP contribution is -2.21. The van der Waals surface area contributed by atoms with Crippen molar-refractivity contribution in [3.05, 3.63) is 77.4 Å². The number of ether oxygens (including phenoxy) is 1. The van der Waals surface area contributed by atoms with E-state index in [1.807, 2.05) is 36.4 Å². The maximum Gasteiger partial charge on any atom is 0.131 e. The molecular weight excluding hydrogens is 486 g/mol. The van der Waals surface area contributed by atoms with Crippen molar-refractivity contribution in [2.75, 3.05) is 6.61 Å². The van der Waals surface area contributed by atoms with Crippen LogP contribution in [0.5, 0.6) is 5.75 Å². The molecule has 39 heavy (non-hydrogen) atoms. The molecule has 0 saturated heterocycles. The maximum atomic E-state index is 15.4. The first-order valence-electron chi connectivity index (χ1n) is 15.2. The smallest absolute Gasteiger partial charge is 0.131 e. The van der Waals surface area contributed by atoms with Crippen LogP contribution in [0.3, 0.4) is 0 Å². The Labute approximate surface area is 235 Å². The van der Waals surface area contributed by atoms with Crippen LogP contribution in [0.2, 0.25) is 0 Å². The molecule has 0 amide bonds. The van der Waals surface area contributed by atoms with Crippen LogP contribution in [-0.4, -0.2) is 6.61 Å². The fourth-order valence-electron chi connectivity index (χ4n) is 6.35. The van der Waals surface area contributed by atoms with Crippen molar-refractivity contribution in [2.45, 2.75) is 98.3 Å². The molecule has 0 N–H and O–H groups in total. The van der Waals surface area contributed by atoms with Crippen molar-refractivity contribution in [3.8, 4) is 28.0 Å². The second kappa shape index (κ2) is 13.1. The topological polar surface area (TPSA) is 9.23 Å². The van der Waals surface area contributed by atoms with Crippen LogP contribution < -0.4 is 4.74 Å². The molecule has 210 valence electrons. The molecule has 3 aromatic rings. The van der Waals surface area contributed by atoms with Crippen LogP contribution in [0.1, 0.15) is 103 Å². The number of hydrogen-bond donors (Lipinski definition) is 0. The summed E-state index contributed by atoms with van der Waals surface area (Å²) in [6.07, 6.45) is 9.95. The highest BCUT2D eigenvalue weighted by atomic mass is 19.1. The SMILES string of the molecule is CCc1cc(-c2ccc(-c3ccc(C4CCC(C)CC4)cc3F)cc2F)ccc1OCCC(CC)(CC)CC. The summed E-state index contributed by atoms with van der Waals surface area (Å²) in [6, 6.07) is 16.5. The molecule has 1 aliphatic rings. The van der Waals surface area contributed by atoms with Gasteiger partial charge < -0.3 is 4.74 Å². The first kappa shape index (κ1) is 29.3. The second-order valence-electron chi connectivity index (χ2n) is 11.7. The van der Waals surface area contributed by atoms with E-state index >= 15 is 8.78 Å². The summed E-state index contributed by atoms with van der Waals surface area (Å²) < 4.78 is 36.8. The van der Waals surface area contributed by atoms with Gasteiger partial charge in [-0.1, -0.05) is 97.1 Å². The highest BCUT2D eigenvalue weighted by molar-refractivity contribution is 5.72. The van der Waals surface area contributed by atoms with E-state index in [1.165, 1.54) is 18.9 Å². The van der Waals surface area contributed by atoms with E-state index in [1.54, 1.807) is 12.1 Å². The molecule has 1 nitrogen and oxygen atoms in total. The largest absolute Gasteiger partial charge is 0.493 e. The van der Waals surface area contributed by atoms with Gasteiger partial charge in [-0.25, -0.2) is 8.78 Å². The van der Waals surface area contributed by atoms with Crippen molar-refractivity contribution in [2.24, 2.45) is 11.3 Å². The van der Waals surface area contributed by atoms with Gasteiger partial charge in [-0.05, 0) is 89.5 Å². The molecule has 0 spiro atoms. The van der Waals surface area contributed by atoms with Crippen molar-refractivity contribution in [1.29, 1.82) is 0 Å². The van der Waals surface area contributed by atoms with Gasteiger partial charge in [0.15, 0.2) is 0 Å². The fraction of sp³-hybridized carbons (Fsp3) is 0.500. The molecule has 0 aliphatic heterocycles. The summed E-state index contributed by atoms with van der Waals surface area (Å²) >= 11 is 0. The summed E-state index contributed by atoms with van der Waals surface area (Å²) in [6.45, 7) is 11.9. The first-order valence-corrected chi connectivity index (χ1v) is 15.2. The minimum Gasteiger partial charge on any atom is -0.493 e. The summed E-state index contributed by atoms with van der Waals surface area (Å²) in [4.78, 5) is 0. The number of benzene rings is 3. The number of halogens is 2. The third-order valence-corrected chi connectivity index (χ3v) is 9.65. The second-order valence-corrected chi connectivity index (χ2v) is 11.7. The van der Waals surface area contributed by atoms with E-state index in [4.69, 9.17) is 4.74 Å². The molecule has 3 aromatic carbocycles. The van der Waals surface area contributed by atoms with Crippen LogP contribution >= 0.6 is 0 Å². The van der Waals surface area contributed by atoms with Crippen molar-refractivity contribution in [1.82, 2.24) is 0 Å². The van der Waals surface area contributed by atoms with E-state index in [9.17, 15) is 0 Å². The average molecular weight is 533 g/mol. The normalized spacial score (nSPS) is 17.8. The monoisotopic (exact) mass is 532 g/mol. The molecule has 1 fully saturated rings. The molecule has 1 saturated carbocycles. The predicted octanol–water partition coefficient (Wildman–Crippen LogP) is 11.1. The predicted molar refractivity (Wildman–Crippen MR) is 160 cm³/mol. The van der Waals surface area contributed by atoms with Gasteiger partial charge in [-0.2, -0.15) is 0 Å². The minimum atomic E-state index is -0.341. The molecule has 3 heteroatoms. The van der Waals surface area contributed by atoms with Crippen LogP contribution in [0, 0.1) is 23.0 Å². The van der Waals surface area contributed by atoms with Gasteiger partial charge >= 0.3 is 0 Å². The molecule has 1 aliphatic carbocycles. The molecule has 0 atom stereocenters. The fourth-order valence-corrected chi connectivity index (χ4v) is 6.35. The Morgan fingerprint density at radius 1 is 0.744 bits per heavy atom. The molecule has 0 bridgehead atoms. The van der Waals surface area contributed by atoms with Gasteiger partial charge in [0.05, 0.1) is 6.61 Å². The quantitative estimate of drug-likeness (QED) is 0.239. The molecule has 0 radical (unpaired) electrons. The van der Waals surface area contributed by atoms with Gasteiger partial charge in [0.25, 0.3) is 0 Å². The Balaban J connectivity index is 1.50. The van der Waals surface area contributed by atoms with Crippen LogP contribution in [0.25, 0.3) is 22.3 Å². The number of rotatable bonds is 11. The van der Waals surface area contributed by atoms with E-state index < -0.39 is 0 Å². The van der Waals surface area contributed by atoms with Crippen LogP contribution in [0.15, 0.2) is 54.6 Å². The summed E-state index contributed by atoms with van der Waals surface area (Å²) in [7, 11) is 0. The standard InChI is InChI=1S/C36H46F2O/c1-6-26-22-29(16-19-35(26)39-21-20-36(7-2,8-3)9-4)31-18-15-30(24-34(31)38)32-17-14-28(23-33(32)37)27-12-10-25(5)11-13-27/h14-19,22-25,27H,6-13,20-21H2,1-5H3. The van der Waals surface area contributed by atoms with E-state index in [2.05, 4.69) is 34.6 Å². The lowest BCUT2D eigenvalue weighted by molar-refractivity contribution is 0.173. The Hall–Kier alpha value is -2.68. The average Bonchev–Trinajstić information content (AvgIpc) is 2.96. The minimum absolute atomic E-state index is 0.272. The van der Waals surface area contributed by atoms with Gasteiger partial charge in [-0.3, -0.25) is 0 Å². The molecule has 4 rings (SSSR count). The van der Waals surface area contributed by atoms with Crippen molar-refractivity contribution < 1.29 is 13.5 Å². The highest BCUT2D eigenvalue weighted by Crippen LogP contribution is 2.38. The van der Waals surface area contributed by atoms with Gasteiger partial charge in [-0.15, -0.1) is 0 Å². The zero-order valence-corrected chi connectivity index (χ0v) is 24.6. The summed E-state index contributed by atoms with van der Waals surface area (Å²) in [5, 5.41) is 0. The Bertz CT molecular complexity index is 1230. The zero-order chi connectivity index (χ0) is 28.0. The van der Waals surface area contributed by atoms with Crippen LogP contribution in [0.4, 0.5) is 8.78 Å². The molecule has 0 aromatic heterocycles. The van der Waals surface area contributed by atoms with Gasteiger partial charge in [0.2, 0.25) is 0 Å². The first-order chi connectivity index (χ1) is 18.8. The molecular formula is C36H46F2O. The Kier molecular flexibility index (Phi) is 9.86. The lowest BCUT2D eigenvalue weighted by Gasteiger charge is -2.30. The van der Waals surface area contributed by atoms with Gasteiger partial charge in [0, 0.05) is 11.1 Å². The summed E-state index contributed by atoms with van der Waals surface area (Å²) in [5.41, 5.74) is 4.84. The van der Waals surface area contributed by atoms with E-state index in [0.29, 0.717) is 34.6 Å². The Morgan fingerprint density at radius 2 is 1.33 bits per heavy atom. The Morgan fingerprint density at radius 3 is 1.92 bits per heavy atom. The van der Waals surface area contributed by atoms with Crippen molar-refractivity contribution in [3.63, 3.8) is 0 Å². The highest BCUT2D eigenvalue weighted by Gasteiger charge is 2.24. The third kappa shape index (κ3) is 6.73. The zero-order valence-electron chi connectivity index (χ0n) is 24.6. The third-order valence-electron chi connectivity index (χ3n) is 9.65. The number of aryl methyl sites for hydroxylation is 1. The molecule has 0 heterocycles. The van der Waals surface area contributed by atoms with E-state index in [0.717, 1.165) is 73.3 Å². The molecule has 0 unspecified atom stereocenters. The van der Waals surface area contributed by atoms with Crippen LogP contribution in [-0.2, 0) is 6.42 Å². The summed E-state index contributed by atoms with van der Waals surface area (Å²) in [5.74, 6) is 1.45.